The zero-order valence-corrected chi connectivity index (χ0v) is 39.7. The molecule has 0 aliphatic heterocycles. The van der Waals surface area contributed by atoms with Crippen LogP contribution >= 0.6 is 0 Å². The van der Waals surface area contributed by atoms with Crippen LogP contribution in [0.3, 0.4) is 0 Å². The molecule has 0 N–H and O–H groups in total. The summed E-state index contributed by atoms with van der Waals surface area (Å²) in [6, 6.07) is 71.2. The average molecular weight is 894 g/mol. The van der Waals surface area contributed by atoms with E-state index in [0.29, 0.717) is 0 Å². The third-order valence-corrected chi connectivity index (χ3v) is 20.9. The molecule has 0 bridgehead atoms. The van der Waals surface area contributed by atoms with E-state index >= 15 is 0 Å². The molecule has 1 aliphatic rings. The van der Waals surface area contributed by atoms with Crippen LogP contribution < -0.4 is 52.8 Å². The van der Waals surface area contributed by atoms with Crippen LogP contribution in [0.4, 0.5) is 0 Å². The summed E-state index contributed by atoms with van der Waals surface area (Å²) < 4.78 is -0.229. The third-order valence-electron chi connectivity index (χ3n) is 12.6. The molecule has 7 aromatic carbocycles. The minimum atomic E-state index is -3.03. The molecule has 7 aromatic rings. The molecule has 60 heavy (non-hydrogen) atoms. The first kappa shape index (κ1) is 46.9. The Morgan fingerprint density at radius 2 is 0.583 bits per heavy atom. The summed E-state index contributed by atoms with van der Waals surface area (Å²) in [5, 5.41) is 4.43. The molecular weight excluding hydrogens is 843 g/mol. The van der Waals surface area contributed by atoms with Crippen LogP contribution in [0.2, 0.25) is 3.34 Å². The van der Waals surface area contributed by atoms with Crippen molar-refractivity contribution in [3.05, 3.63) is 255 Å². The Hall–Kier alpha value is -4.18. The van der Waals surface area contributed by atoms with Crippen LogP contribution in [0.5, 0.6) is 0 Å². The van der Waals surface area contributed by atoms with Crippen molar-refractivity contribution in [2.24, 2.45) is 0 Å². The van der Waals surface area contributed by atoms with Crippen molar-refractivity contribution < 1.29 is 57.7 Å². The molecule has 0 amide bonds. The van der Waals surface area contributed by atoms with E-state index in [1.165, 1.54) is 82.4 Å². The van der Waals surface area contributed by atoms with Crippen molar-refractivity contribution >= 4 is 23.6 Å². The van der Waals surface area contributed by atoms with E-state index in [1.54, 1.807) is 0 Å². The van der Waals surface area contributed by atoms with E-state index in [9.17, 15) is 0 Å². The second-order valence-corrected chi connectivity index (χ2v) is 22.0. The SMILES string of the molecule is CC1=C(C)[C]([Ti+3])([Si](c2ccccc2)(c2cc(Cc3ccccc3)cc(Cc3ccccc3)c2)c2cc(Cc3ccccc3)cc(Cc3ccccc3)c2)C(C)=C1C.[Cl-].[Cl-].[Cl-]. The molecule has 1 aliphatic carbocycles. The smallest absolute Gasteiger partial charge is 1.00 e. The van der Waals surface area contributed by atoms with Crippen molar-refractivity contribution in [3.63, 3.8) is 0 Å². The Labute approximate surface area is 389 Å². The van der Waals surface area contributed by atoms with Crippen LogP contribution in [-0.4, -0.2) is 8.07 Å². The van der Waals surface area contributed by atoms with E-state index in [1.807, 2.05) is 0 Å². The van der Waals surface area contributed by atoms with Gasteiger partial charge in [-0.1, -0.05) is 0 Å². The second kappa shape index (κ2) is 20.6. The molecular formula is C55H51Cl3SiTi. The molecule has 8 rings (SSSR count). The monoisotopic (exact) mass is 892 g/mol. The normalized spacial score (nSPS) is 13.3. The maximum absolute atomic E-state index is 3.03. The van der Waals surface area contributed by atoms with Gasteiger partial charge in [0.05, 0.1) is 0 Å². The number of hydrogen-bond acceptors (Lipinski definition) is 0. The molecule has 0 saturated heterocycles. The Morgan fingerprint density at radius 3 is 0.850 bits per heavy atom. The fraction of sp³-hybridized carbons (Fsp3) is 0.164. The summed E-state index contributed by atoms with van der Waals surface area (Å²) in [4.78, 5) is 0. The van der Waals surface area contributed by atoms with Gasteiger partial charge in [0, 0.05) is 0 Å². The molecule has 300 valence electrons. The van der Waals surface area contributed by atoms with E-state index < -0.39 is 8.07 Å². The quantitative estimate of drug-likeness (QED) is 0.131. The summed E-state index contributed by atoms with van der Waals surface area (Å²) in [5.41, 5.74) is 16.8. The number of rotatable bonds is 12. The number of benzene rings is 7. The van der Waals surface area contributed by atoms with Gasteiger partial charge >= 0.3 is 356 Å². The fourth-order valence-corrected chi connectivity index (χ4v) is 18.2. The number of halogens is 3. The first-order chi connectivity index (χ1) is 27.8. The van der Waals surface area contributed by atoms with E-state index in [4.69, 9.17) is 0 Å². The Bertz CT molecular complexity index is 2280. The van der Waals surface area contributed by atoms with E-state index in [2.05, 4.69) is 236 Å². The average Bonchev–Trinajstić information content (AvgIpc) is 3.38. The molecule has 0 unspecified atom stereocenters. The van der Waals surface area contributed by atoms with Crippen LogP contribution in [0.1, 0.15) is 72.2 Å². The third kappa shape index (κ3) is 9.34. The molecule has 0 radical (unpaired) electrons. The van der Waals surface area contributed by atoms with Gasteiger partial charge in [-0.15, -0.1) is 0 Å². The van der Waals surface area contributed by atoms with Gasteiger partial charge in [0.2, 0.25) is 0 Å². The van der Waals surface area contributed by atoms with Gasteiger partial charge in [0.1, 0.15) is 0 Å². The molecule has 0 aromatic heterocycles. The van der Waals surface area contributed by atoms with Crippen LogP contribution in [0.15, 0.2) is 210 Å². The molecule has 0 heterocycles. The maximum Gasteiger partial charge on any atom is -1.00 e. The van der Waals surface area contributed by atoms with Crippen LogP contribution in [-0.2, 0) is 46.1 Å². The van der Waals surface area contributed by atoms with Gasteiger partial charge in [-0.3, -0.25) is 0 Å². The topological polar surface area (TPSA) is 0 Å². The summed E-state index contributed by atoms with van der Waals surface area (Å²) >= 11 is 2.61. The van der Waals surface area contributed by atoms with Crippen molar-refractivity contribution in [1.82, 2.24) is 0 Å². The number of allylic oxidation sites excluding steroid dienone is 4. The Kier molecular flexibility index (Phi) is 16.1. The Morgan fingerprint density at radius 1 is 0.333 bits per heavy atom. The van der Waals surface area contributed by atoms with Gasteiger partial charge in [0.25, 0.3) is 0 Å². The van der Waals surface area contributed by atoms with Crippen molar-refractivity contribution in [2.45, 2.75) is 56.7 Å². The summed E-state index contributed by atoms with van der Waals surface area (Å²) in [5.74, 6) is 0. The minimum Gasteiger partial charge on any atom is -1.00 e. The zero-order chi connectivity index (χ0) is 39.4. The predicted molar refractivity (Wildman–Crippen MR) is 240 cm³/mol. The summed E-state index contributed by atoms with van der Waals surface area (Å²) in [7, 11) is -3.03. The van der Waals surface area contributed by atoms with Gasteiger partial charge in [0.15, 0.2) is 0 Å². The largest absolute Gasteiger partial charge is 1.00 e. The standard InChI is InChI=1S/C55H51Si.3ClH.Ti/c1-40-41(2)43(4)55(42(40)3)56(52-28-18-9-19-29-52,53-36-48(30-44-20-10-5-11-21-44)34-49(37-53)31-45-22-12-6-13-23-45)54-38-50(32-46-24-14-7-15-25-46)35-51(39-54)33-47-26-16-8-17-27-47;;;;/h5-29,34-39H,30-33H2,1-4H3;3*1H;/q;;;;+3/p-3. The first-order valence-corrected chi connectivity index (χ1v) is 23.1. The van der Waals surface area contributed by atoms with E-state index in [0.717, 1.165) is 25.7 Å². The summed E-state index contributed by atoms with van der Waals surface area (Å²) in [6.07, 6.45) is 3.56. The van der Waals surface area contributed by atoms with Crippen molar-refractivity contribution in [3.8, 4) is 0 Å². The molecule has 0 fully saturated rings. The Balaban J connectivity index is 0.00000228. The fourth-order valence-electron chi connectivity index (χ4n) is 9.50. The van der Waals surface area contributed by atoms with E-state index in [-0.39, 0.29) is 40.6 Å². The second-order valence-electron chi connectivity index (χ2n) is 16.1. The minimum absolute atomic E-state index is 0. The van der Waals surface area contributed by atoms with Gasteiger partial charge in [-0.2, -0.15) is 0 Å². The van der Waals surface area contributed by atoms with Crippen molar-refractivity contribution in [1.29, 1.82) is 0 Å². The zero-order valence-electron chi connectivity index (χ0n) is 34.9. The maximum atomic E-state index is 2.62. The molecule has 0 nitrogen and oxygen atoms in total. The predicted octanol–water partition coefficient (Wildman–Crippen LogP) is 2.46. The molecule has 0 atom stereocenters. The van der Waals surface area contributed by atoms with Crippen molar-refractivity contribution in [2.75, 3.05) is 0 Å². The molecule has 0 saturated carbocycles. The summed E-state index contributed by atoms with van der Waals surface area (Å²) in [6.45, 7) is 9.61. The first-order valence-electron chi connectivity index (χ1n) is 20.3. The molecule has 0 spiro atoms. The van der Waals surface area contributed by atoms with Gasteiger partial charge in [-0.05, 0) is 0 Å². The van der Waals surface area contributed by atoms with Gasteiger partial charge in [-0.25, -0.2) is 0 Å². The van der Waals surface area contributed by atoms with Gasteiger partial charge < -0.3 is 37.2 Å². The molecule has 5 heteroatoms. The van der Waals surface area contributed by atoms with Crippen LogP contribution in [0.25, 0.3) is 0 Å². The van der Waals surface area contributed by atoms with Crippen LogP contribution in [0, 0.1) is 0 Å². The number of hydrogen-bond donors (Lipinski definition) is 0.